The van der Waals surface area contributed by atoms with E-state index in [-0.39, 0.29) is 17.1 Å². The van der Waals surface area contributed by atoms with Crippen LogP contribution in [0.15, 0.2) is 53.7 Å². The fourth-order valence-corrected chi connectivity index (χ4v) is 3.48. The van der Waals surface area contributed by atoms with Crippen molar-refractivity contribution in [1.82, 2.24) is 14.8 Å². The molecule has 1 heterocycles. The number of thioether (sulfide) groups is 1. The molecule has 0 fully saturated rings. The predicted molar refractivity (Wildman–Crippen MR) is 97.3 cm³/mol. The number of halogens is 1. The lowest BCUT2D eigenvalue weighted by molar-refractivity contribution is 0.101. The van der Waals surface area contributed by atoms with E-state index in [1.165, 1.54) is 23.9 Å². The van der Waals surface area contributed by atoms with Crippen molar-refractivity contribution in [2.75, 3.05) is 5.75 Å². The Morgan fingerprint density at radius 1 is 1.12 bits per heavy atom. The van der Waals surface area contributed by atoms with Gasteiger partial charge in [-0.05, 0) is 31.5 Å². The van der Waals surface area contributed by atoms with Gasteiger partial charge in [-0.3, -0.25) is 4.79 Å². The van der Waals surface area contributed by atoms with E-state index in [0.29, 0.717) is 11.7 Å². The summed E-state index contributed by atoms with van der Waals surface area (Å²) in [7, 11) is 0. The molecule has 0 unspecified atom stereocenters. The number of rotatable bonds is 6. The first-order valence-electron chi connectivity index (χ1n) is 8.01. The van der Waals surface area contributed by atoms with Crippen LogP contribution >= 0.6 is 11.8 Å². The Labute approximate surface area is 150 Å². The molecule has 0 aliphatic rings. The number of carbonyl (C=O) groups is 1. The van der Waals surface area contributed by atoms with Crippen LogP contribution in [0.3, 0.4) is 0 Å². The predicted octanol–water partition coefficient (Wildman–Crippen LogP) is 4.39. The van der Waals surface area contributed by atoms with Crippen LogP contribution in [0.4, 0.5) is 4.39 Å². The summed E-state index contributed by atoms with van der Waals surface area (Å²) < 4.78 is 15.7. The molecular formula is C19H18FN3OS. The first-order chi connectivity index (χ1) is 12.1. The molecule has 0 saturated heterocycles. The third-order valence-corrected chi connectivity index (χ3v) is 4.89. The summed E-state index contributed by atoms with van der Waals surface area (Å²) in [6, 6.07) is 14.0. The summed E-state index contributed by atoms with van der Waals surface area (Å²) in [5, 5.41) is 9.17. The van der Waals surface area contributed by atoms with Gasteiger partial charge in [-0.25, -0.2) is 4.39 Å². The summed E-state index contributed by atoms with van der Waals surface area (Å²) in [6.45, 7) is 4.72. The standard InChI is InChI=1S/C19H18FN3OS/c1-3-23-18(14-9-5-4-8-13(14)2)21-22-19(23)25-12-17(24)15-10-6-7-11-16(15)20/h4-11H,3,12H2,1-2H3. The van der Waals surface area contributed by atoms with Gasteiger partial charge in [-0.1, -0.05) is 48.2 Å². The molecule has 1 aromatic heterocycles. The van der Waals surface area contributed by atoms with Crippen molar-refractivity contribution in [3.05, 3.63) is 65.5 Å². The van der Waals surface area contributed by atoms with E-state index >= 15 is 0 Å². The molecule has 128 valence electrons. The zero-order valence-electron chi connectivity index (χ0n) is 14.1. The molecule has 0 saturated carbocycles. The van der Waals surface area contributed by atoms with Gasteiger partial charge in [-0.15, -0.1) is 10.2 Å². The maximum absolute atomic E-state index is 13.7. The molecule has 0 N–H and O–H groups in total. The summed E-state index contributed by atoms with van der Waals surface area (Å²) in [6.07, 6.45) is 0. The number of carbonyl (C=O) groups excluding carboxylic acids is 1. The highest BCUT2D eigenvalue weighted by Gasteiger charge is 2.17. The normalized spacial score (nSPS) is 10.8. The third-order valence-electron chi connectivity index (χ3n) is 3.93. The second-order valence-electron chi connectivity index (χ2n) is 5.56. The Hall–Kier alpha value is -2.47. The van der Waals surface area contributed by atoms with E-state index < -0.39 is 5.82 Å². The quantitative estimate of drug-likeness (QED) is 0.486. The van der Waals surface area contributed by atoms with Crippen molar-refractivity contribution in [3.8, 4) is 11.4 Å². The molecule has 0 amide bonds. The molecular weight excluding hydrogens is 337 g/mol. The zero-order valence-corrected chi connectivity index (χ0v) is 14.9. The smallest absolute Gasteiger partial charge is 0.191 e. The Bertz CT molecular complexity index is 907. The maximum atomic E-state index is 13.7. The Kier molecular flexibility index (Phi) is 5.28. The molecule has 0 aliphatic carbocycles. The molecule has 25 heavy (non-hydrogen) atoms. The van der Waals surface area contributed by atoms with Gasteiger partial charge in [0.2, 0.25) is 0 Å². The lowest BCUT2D eigenvalue weighted by Crippen LogP contribution is -2.07. The highest BCUT2D eigenvalue weighted by atomic mass is 32.2. The van der Waals surface area contributed by atoms with Gasteiger partial charge >= 0.3 is 0 Å². The van der Waals surface area contributed by atoms with E-state index in [9.17, 15) is 9.18 Å². The molecule has 0 spiro atoms. The van der Waals surface area contributed by atoms with Crippen molar-refractivity contribution in [1.29, 1.82) is 0 Å². The Morgan fingerprint density at radius 3 is 2.56 bits per heavy atom. The lowest BCUT2D eigenvalue weighted by Gasteiger charge is -2.09. The largest absolute Gasteiger partial charge is 0.302 e. The number of nitrogens with zero attached hydrogens (tertiary/aromatic N) is 3. The van der Waals surface area contributed by atoms with Crippen LogP contribution in [0.25, 0.3) is 11.4 Å². The van der Waals surface area contributed by atoms with Crippen LogP contribution in [0.2, 0.25) is 0 Å². The summed E-state index contributed by atoms with van der Waals surface area (Å²) >= 11 is 1.28. The van der Waals surface area contributed by atoms with E-state index in [0.717, 1.165) is 17.0 Å². The van der Waals surface area contributed by atoms with Crippen LogP contribution < -0.4 is 0 Å². The molecule has 0 bridgehead atoms. The zero-order chi connectivity index (χ0) is 17.8. The molecule has 2 aromatic carbocycles. The molecule has 6 heteroatoms. The van der Waals surface area contributed by atoms with Crippen LogP contribution in [-0.4, -0.2) is 26.3 Å². The number of benzene rings is 2. The number of Topliss-reactive ketones (excluding diaryl/α,β-unsaturated/α-hetero) is 1. The van der Waals surface area contributed by atoms with Crippen LogP contribution in [0, 0.1) is 12.7 Å². The topological polar surface area (TPSA) is 47.8 Å². The van der Waals surface area contributed by atoms with E-state index in [4.69, 9.17) is 0 Å². The highest BCUT2D eigenvalue weighted by Crippen LogP contribution is 2.26. The molecule has 0 aliphatic heterocycles. The van der Waals surface area contributed by atoms with Gasteiger partial charge in [0.05, 0.1) is 11.3 Å². The Morgan fingerprint density at radius 2 is 1.84 bits per heavy atom. The SMILES string of the molecule is CCn1c(SCC(=O)c2ccccc2F)nnc1-c1ccccc1C. The monoisotopic (exact) mass is 355 g/mol. The number of aryl methyl sites for hydroxylation is 1. The van der Waals surface area contributed by atoms with Crippen LogP contribution in [-0.2, 0) is 6.54 Å². The first kappa shape index (κ1) is 17.4. The minimum atomic E-state index is -0.495. The average molecular weight is 355 g/mol. The van der Waals surface area contributed by atoms with Crippen molar-refractivity contribution in [3.63, 3.8) is 0 Å². The Balaban J connectivity index is 1.81. The van der Waals surface area contributed by atoms with E-state index in [2.05, 4.69) is 10.2 Å². The van der Waals surface area contributed by atoms with Crippen molar-refractivity contribution in [2.24, 2.45) is 0 Å². The summed E-state index contributed by atoms with van der Waals surface area (Å²) in [5.74, 6) is 0.144. The first-order valence-corrected chi connectivity index (χ1v) is 9.00. The molecule has 3 rings (SSSR count). The molecule has 0 atom stereocenters. The van der Waals surface area contributed by atoms with Crippen molar-refractivity contribution in [2.45, 2.75) is 25.5 Å². The molecule has 4 nitrogen and oxygen atoms in total. The molecule has 3 aromatic rings. The average Bonchev–Trinajstić information content (AvgIpc) is 3.03. The number of aromatic nitrogens is 3. The fourth-order valence-electron chi connectivity index (χ4n) is 2.60. The maximum Gasteiger partial charge on any atom is 0.191 e. The minimum absolute atomic E-state index is 0.108. The number of hydrogen-bond donors (Lipinski definition) is 0. The van der Waals surface area contributed by atoms with Crippen molar-refractivity contribution < 1.29 is 9.18 Å². The summed E-state index contributed by atoms with van der Waals surface area (Å²) in [5.41, 5.74) is 2.24. The van der Waals surface area contributed by atoms with Gasteiger partial charge in [0, 0.05) is 12.1 Å². The minimum Gasteiger partial charge on any atom is -0.302 e. The van der Waals surface area contributed by atoms with E-state index in [1.54, 1.807) is 12.1 Å². The third kappa shape index (κ3) is 3.64. The second-order valence-corrected chi connectivity index (χ2v) is 6.50. The number of hydrogen-bond acceptors (Lipinski definition) is 4. The summed E-state index contributed by atoms with van der Waals surface area (Å²) in [4.78, 5) is 12.3. The highest BCUT2D eigenvalue weighted by molar-refractivity contribution is 7.99. The van der Waals surface area contributed by atoms with Gasteiger partial charge < -0.3 is 4.57 Å². The van der Waals surface area contributed by atoms with Gasteiger partial charge in [0.1, 0.15) is 5.82 Å². The van der Waals surface area contributed by atoms with Gasteiger partial charge in [0.25, 0.3) is 0 Å². The van der Waals surface area contributed by atoms with Crippen LogP contribution in [0.5, 0.6) is 0 Å². The van der Waals surface area contributed by atoms with Crippen molar-refractivity contribution >= 4 is 17.5 Å². The fraction of sp³-hybridized carbons (Fsp3) is 0.211. The van der Waals surface area contributed by atoms with Gasteiger partial charge in [-0.2, -0.15) is 0 Å². The lowest BCUT2D eigenvalue weighted by atomic mass is 10.1. The number of ketones is 1. The molecule has 0 radical (unpaired) electrons. The second kappa shape index (κ2) is 7.61. The van der Waals surface area contributed by atoms with E-state index in [1.807, 2.05) is 42.7 Å². The van der Waals surface area contributed by atoms with Gasteiger partial charge in [0.15, 0.2) is 16.8 Å². The van der Waals surface area contributed by atoms with Crippen LogP contribution in [0.1, 0.15) is 22.8 Å².